The van der Waals surface area contributed by atoms with Crippen molar-refractivity contribution < 1.29 is 19.5 Å². The summed E-state index contributed by atoms with van der Waals surface area (Å²) in [5.41, 5.74) is 0. The number of nitrogens with zero attached hydrogens (tertiary/aromatic N) is 1. The predicted molar refractivity (Wildman–Crippen MR) is 84.5 cm³/mol. The first-order valence-corrected chi connectivity index (χ1v) is 8.86. The van der Waals surface area contributed by atoms with E-state index < -0.39 is 11.9 Å². The van der Waals surface area contributed by atoms with Crippen LogP contribution in [-0.4, -0.2) is 34.8 Å². The van der Waals surface area contributed by atoms with E-state index >= 15 is 0 Å². The summed E-state index contributed by atoms with van der Waals surface area (Å²) in [4.78, 5) is 23.3. The van der Waals surface area contributed by atoms with Gasteiger partial charge in [-0.1, -0.05) is 64.7 Å². The molecular weight excluding hydrogens is 282 g/mol. The molecule has 128 valence electrons. The molecule has 0 aliphatic heterocycles. The number of hydrogen-bond donors (Lipinski definition) is 1. The highest BCUT2D eigenvalue weighted by Gasteiger charge is 2.30. The lowest BCUT2D eigenvalue weighted by Crippen LogP contribution is -2.41. The zero-order valence-corrected chi connectivity index (χ0v) is 13.9. The van der Waals surface area contributed by atoms with Crippen LogP contribution < -0.4 is 0 Å². The van der Waals surface area contributed by atoms with Gasteiger partial charge in [-0.3, -0.25) is 10.0 Å². The zero-order valence-electron chi connectivity index (χ0n) is 13.9. The Labute approximate surface area is 134 Å². The Bertz CT molecular complexity index is 327. The van der Waals surface area contributed by atoms with Crippen LogP contribution >= 0.6 is 0 Å². The minimum atomic E-state index is -0.933. The Balaban J connectivity index is 2.01. The van der Waals surface area contributed by atoms with Gasteiger partial charge in [-0.05, 0) is 19.3 Å². The fraction of sp³-hybridized carbons (Fsp3) is 0.882. The second kappa shape index (κ2) is 11.5. The van der Waals surface area contributed by atoms with E-state index in [0.29, 0.717) is 5.06 Å². The number of hydroxylamine groups is 2. The molecule has 5 nitrogen and oxygen atoms in total. The Hall–Kier alpha value is -1.10. The van der Waals surface area contributed by atoms with Crippen LogP contribution in [0, 0.1) is 0 Å². The van der Waals surface area contributed by atoms with E-state index in [1.165, 1.54) is 32.1 Å². The summed E-state index contributed by atoms with van der Waals surface area (Å²) in [6.45, 7) is 2.47. The highest BCUT2D eigenvalue weighted by atomic mass is 16.6. The summed E-state index contributed by atoms with van der Waals surface area (Å²) < 4.78 is 4.94. The Kier molecular flexibility index (Phi) is 9.87. The van der Waals surface area contributed by atoms with Gasteiger partial charge in [-0.2, -0.15) is 0 Å². The van der Waals surface area contributed by atoms with Gasteiger partial charge in [0.2, 0.25) is 0 Å². The van der Waals surface area contributed by atoms with Gasteiger partial charge in [0.1, 0.15) is 0 Å². The monoisotopic (exact) mass is 313 g/mol. The van der Waals surface area contributed by atoms with E-state index in [1.54, 1.807) is 0 Å². The van der Waals surface area contributed by atoms with Gasteiger partial charge >= 0.3 is 11.9 Å². The number of carbonyl (C=O) groups is 2. The molecule has 1 saturated carbocycles. The second-order valence-corrected chi connectivity index (χ2v) is 6.20. The maximum atomic E-state index is 11.7. The van der Waals surface area contributed by atoms with Gasteiger partial charge in [-0.15, -0.1) is 0 Å². The lowest BCUT2D eigenvalue weighted by atomic mass is 10.1. The maximum absolute atomic E-state index is 11.7. The summed E-state index contributed by atoms with van der Waals surface area (Å²) in [6.07, 6.45) is 12.8. The van der Waals surface area contributed by atoms with E-state index in [-0.39, 0.29) is 12.6 Å². The van der Waals surface area contributed by atoms with Crippen LogP contribution in [0.2, 0.25) is 0 Å². The summed E-state index contributed by atoms with van der Waals surface area (Å²) in [5, 5.41) is 10.3. The Morgan fingerprint density at radius 1 is 1.00 bits per heavy atom. The molecule has 0 aromatic rings. The molecule has 1 rings (SSSR count). The second-order valence-electron chi connectivity index (χ2n) is 6.20. The van der Waals surface area contributed by atoms with Crippen molar-refractivity contribution in [3.63, 3.8) is 0 Å². The standard InChI is InChI=1S/C17H31NO4/c1-2-3-4-5-6-7-8-11-14-22-17(20)16(19)18(21)15-12-9-10-13-15/h15,21H,2-14H2,1H3. The largest absolute Gasteiger partial charge is 0.458 e. The fourth-order valence-electron chi connectivity index (χ4n) is 2.87. The van der Waals surface area contributed by atoms with Gasteiger partial charge in [-0.25, -0.2) is 9.86 Å². The minimum Gasteiger partial charge on any atom is -0.458 e. The lowest BCUT2D eigenvalue weighted by Gasteiger charge is -2.20. The minimum absolute atomic E-state index is 0.219. The number of esters is 1. The van der Waals surface area contributed by atoms with Crippen LogP contribution in [0.4, 0.5) is 0 Å². The highest BCUT2D eigenvalue weighted by Crippen LogP contribution is 2.22. The van der Waals surface area contributed by atoms with E-state index in [1.807, 2.05) is 0 Å². The third kappa shape index (κ3) is 7.25. The molecule has 1 aliphatic rings. The molecule has 22 heavy (non-hydrogen) atoms. The topological polar surface area (TPSA) is 66.8 Å². The molecule has 1 aliphatic carbocycles. The van der Waals surface area contributed by atoms with E-state index in [2.05, 4.69) is 6.92 Å². The Morgan fingerprint density at radius 3 is 2.14 bits per heavy atom. The molecule has 1 N–H and O–H groups in total. The van der Waals surface area contributed by atoms with Crippen LogP contribution in [0.1, 0.15) is 84.0 Å². The number of hydrogen-bond acceptors (Lipinski definition) is 4. The van der Waals surface area contributed by atoms with Crippen LogP contribution in [0.15, 0.2) is 0 Å². The smallest absolute Gasteiger partial charge is 0.399 e. The molecule has 1 fully saturated rings. The summed E-state index contributed by atoms with van der Waals surface area (Å²) >= 11 is 0. The SMILES string of the molecule is CCCCCCCCCCOC(=O)C(=O)N(O)C1CCCC1. The van der Waals surface area contributed by atoms with Crippen LogP contribution in [0.5, 0.6) is 0 Å². The summed E-state index contributed by atoms with van der Waals surface area (Å²) in [5.74, 6) is -1.86. The van der Waals surface area contributed by atoms with Gasteiger partial charge in [0, 0.05) is 0 Å². The number of rotatable bonds is 10. The number of ether oxygens (including phenoxy) is 1. The first kappa shape index (κ1) is 18.9. The molecule has 1 amide bonds. The van der Waals surface area contributed by atoms with Crippen LogP contribution in [-0.2, 0) is 14.3 Å². The van der Waals surface area contributed by atoms with Crippen molar-refractivity contribution in [3.05, 3.63) is 0 Å². The Morgan fingerprint density at radius 2 is 1.55 bits per heavy atom. The summed E-state index contributed by atoms with van der Waals surface area (Å²) in [6, 6.07) is -0.219. The van der Waals surface area contributed by atoms with Gasteiger partial charge in [0.15, 0.2) is 0 Å². The van der Waals surface area contributed by atoms with Crippen molar-refractivity contribution >= 4 is 11.9 Å². The fourth-order valence-corrected chi connectivity index (χ4v) is 2.87. The highest BCUT2D eigenvalue weighted by molar-refractivity contribution is 6.32. The molecule has 0 aromatic heterocycles. The van der Waals surface area contributed by atoms with Crippen molar-refractivity contribution in [2.24, 2.45) is 0 Å². The van der Waals surface area contributed by atoms with Crippen molar-refractivity contribution in [2.75, 3.05) is 6.61 Å². The van der Waals surface area contributed by atoms with Crippen LogP contribution in [0.3, 0.4) is 0 Å². The quantitative estimate of drug-likeness (QED) is 0.219. The molecule has 0 saturated heterocycles. The average Bonchev–Trinajstić information content (AvgIpc) is 3.06. The molecule has 0 aromatic carbocycles. The lowest BCUT2D eigenvalue weighted by molar-refractivity contribution is -0.187. The first-order valence-electron chi connectivity index (χ1n) is 8.86. The van der Waals surface area contributed by atoms with Gasteiger partial charge in [0.05, 0.1) is 12.6 Å². The van der Waals surface area contributed by atoms with E-state index in [0.717, 1.165) is 44.9 Å². The van der Waals surface area contributed by atoms with E-state index in [9.17, 15) is 14.8 Å². The van der Waals surface area contributed by atoms with Crippen molar-refractivity contribution in [3.8, 4) is 0 Å². The predicted octanol–water partition coefficient (Wildman–Crippen LogP) is 3.83. The molecule has 0 heterocycles. The van der Waals surface area contributed by atoms with Crippen molar-refractivity contribution in [1.82, 2.24) is 5.06 Å². The molecular formula is C17H31NO4. The van der Waals surface area contributed by atoms with Crippen LogP contribution in [0.25, 0.3) is 0 Å². The first-order chi connectivity index (χ1) is 10.7. The molecule has 0 radical (unpaired) electrons. The molecule has 0 spiro atoms. The maximum Gasteiger partial charge on any atom is 0.399 e. The average molecular weight is 313 g/mol. The zero-order chi connectivity index (χ0) is 16.2. The third-order valence-electron chi connectivity index (χ3n) is 4.28. The normalized spacial score (nSPS) is 15.0. The number of amides is 1. The van der Waals surface area contributed by atoms with Crippen molar-refractivity contribution in [1.29, 1.82) is 0 Å². The number of unbranched alkanes of at least 4 members (excludes halogenated alkanes) is 7. The van der Waals surface area contributed by atoms with E-state index in [4.69, 9.17) is 4.74 Å². The molecule has 0 unspecified atom stereocenters. The molecule has 5 heteroatoms. The third-order valence-corrected chi connectivity index (χ3v) is 4.28. The molecule has 0 atom stereocenters. The van der Waals surface area contributed by atoms with Crippen molar-refractivity contribution in [2.45, 2.75) is 90.0 Å². The van der Waals surface area contributed by atoms with Gasteiger partial charge < -0.3 is 4.74 Å². The summed E-state index contributed by atoms with van der Waals surface area (Å²) in [7, 11) is 0. The molecule has 0 bridgehead atoms. The number of carbonyl (C=O) groups excluding carboxylic acids is 2. The van der Waals surface area contributed by atoms with Gasteiger partial charge in [0.25, 0.3) is 0 Å².